The molecule has 1 N–H and O–H groups in total. The number of anilines is 1. The summed E-state index contributed by atoms with van der Waals surface area (Å²) in [5.41, 5.74) is 3.42. The highest BCUT2D eigenvalue weighted by Gasteiger charge is 2.12. The van der Waals surface area contributed by atoms with Gasteiger partial charge < -0.3 is 10.1 Å². The summed E-state index contributed by atoms with van der Waals surface area (Å²) in [5.74, 6) is 0.143. The van der Waals surface area contributed by atoms with Gasteiger partial charge in [0, 0.05) is 11.3 Å². The number of nitriles is 1. The van der Waals surface area contributed by atoms with Crippen molar-refractivity contribution in [1.82, 2.24) is 0 Å². The highest BCUT2D eigenvalue weighted by Crippen LogP contribution is 2.22. The zero-order chi connectivity index (χ0) is 18.2. The fourth-order valence-electron chi connectivity index (χ4n) is 2.26. The van der Waals surface area contributed by atoms with Crippen molar-refractivity contribution in [3.8, 4) is 11.8 Å². The van der Waals surface area contributed by atoms with Crippen LogP contribution in [0.4, 0.5) is 5.69 Å². The van der Waals surface area contributed by atoms with E-state index in [2.05, 4.69) is 11.9 Å². The highest BCUT2D eigenvalue weighted by atomic mass is 16.5. The van der Waals surface area contributed by atoms with E-state index < -0.39 is 5.91 Å². The monoisotopic (exact) mass is 332 g/mol. The van der Waals surface area contributed by atoms with Gasteiger partial charge in [0.15, 0.2) is 0 Å². The minimum absolute atomic E-state index is 0.00978. The summed E-state index contributed by atoms with van der Waals surface area (Å²) in [7, 11) is 0. The topological polar surface area (TPSA) is 62.1 Å². The molecule has 0 saturated carbocycles. The zero-order valence-electron chi connectivity index (χ0n) is 14.4. The minimum atomic E-state index is -0.449. The van der Waals surface area contributed by atoms with Crippen molar-refractivity contribution in [2.75, 3.05) is 11.9 Å². The van der Waals surface area contributed by atoms with E-state index in [0.29, 0.717) is 23.6 Å². The summed E-state index contributed by atoms with van der Waals surface area (Å²) < 4.78 is 5.56. The molecule has 0 heterocycles. The number of carbonyl (C=O) groups is 1. The van der Waals surface area contributed by atoms with Gasteiger partial charge in [0.1, 0.15) is 24.0 Å². The number of nitrogens with zero attached hydrogens (tertiary/aromatic N) is 1. The predicted molar refractivity (Wildman–Crippen MR) is 100 cm³/mol. The normalized spacial score (nSPS) is 10.7. The van der Waals surface area contributed by atoms with E-state index in [9.17, 15) is 10.1 Å². The van der Waals surface area contributed by atoms with Crippen LogP contribution in [0.25, 0.3) is 6.08 Å². The number of para-hydroxylation sites is 1. The Kier molecular flexibility index (Phi) is 6.14. The van der Waals surface area contributed by atoms with Crippen LogP contribution in [0.1, 0.15) is 16.7 Å². The third-order valence-electron chi connectivity index (χ3n) is 3.79. The third kappa shape index (κ3) is 4.58. The van der Waals surface area contributed by atoms with Gasteiger partial charge in [0.05, 0.1) is 0 Å². The van der Waals surface area contributed by atoms with E-state index in [1.807, 2.05) is 50.2 Å². The van der Waals surface area contributed by atoms with Crippen molar-refractivity contribution < 1.29 is 9.53 Å². The molecule has 0 radical (unpaired) electrons. The van der Waals surface area contributed by atoms with Gasteiger partial charge in [-0.2, -0.15) is 5.26 Å². The Hall–Kier alpha value is -3.32. The SMILES string of the molecule is C=CCOc1ccccc1/C=C(\C#N)C(=O)Nc1cccc(C)c1C. The number of hydrogen-bond donors (Lipinski definition) is 1. The number of amides is 1. The maximum Gasteiger partial charge on any atom is 0.266 e. The molecular formula is C21H20N2O2. The van der Waals surface area contributed by atoms with Crippen molar-refractivity contribution >= 4 is 17.7 Å². The maximum absolute atomic E-state index is 12.5. The number of benzene rings is 2. The van der Waals surface area contributed by atoms with Gasteiger partial charge in [-0.15, -0.1) is 0 Å². The lowest BCUT2D eigenvalue weighted by atomic mass is 10.1. The van der Waals surface area contributed by atoms with Gasteiger partial charge in [-0.3, -0.25) is 4.79 Å². The van der Waals surface area contributed by atoms with Gasteiger partial charge >= 0.3 is 0 Å². The number of hydrogen-bond acceptors (Lipinski definition) is 3. The molecule has 1 amide bonds. The molecule has 0 aliphatic rings. The van der Waals surface area contributed by atoms with Gasteiger partial charge in [-0.1, -0.05) is 43.0 Å². The summed E-state index contributed by atoms with van der Waals surface area (Å²) in [6, 6.07) is 14.8. The van der Waals surface area contributed by atoms with E-state index in [4.69, 9.17) is 4.74 Å². The summed E-state index contributed by atoms with van der Waals surface area (Å²) in [6.07, 6.45) is 3.16. The van der Waals surface area contributed by atoms with Crippen molar-refractivity contribution in [2.24, 2.45) is 0 Å². The smallest absolute Gasteiger partial charge is 0.266 e. The Labute approximate surface area is 148 Å². The molecule has 0 bridgehead atoms. The quantitative estimate of drug-likeness (QED) is 0.484. The highest BCUT2D eigenvalue weighted by molar-refractivity contribution is 6.10. The van der Waals surface area contributed by atoms with Crippen LogP contribution >= 0.6 is 0 Å². The van der Waals surface area contributed by atoms with Crippen molar-refractivity contribution in [3.63, 3.8) is 0 Å². The number of ether oxygens (including phenoxy) is 1. The number of carbonyl (C=O) groups excluding carboxylic acids is 1. The summed E-state index contributed by atoms with van der Waals surface area (Å²) >= 11 is 0. The van der Waals surface area contributed by atoms with Crippen LogP contribution in [0.3, 0.4) is 0 Å². The first-order valence-corrected chi connectivity index (χ1v) is 7.89. The lowest BCUT2D eigenvalue weighted by molar-refractivity contribution is -0.112. The molecule has 0 aliphatic carbocycles. The van der Waals surface area contributed by atoms with Crippen molar-refractivity contribution in [3.05, 3.63) is 77.4 Å². The first-order valence-electron chi connectivity index (χ1n) is 7.89. The Morgan fingerprint density at radius 3 is 2.72 bits per heavy atom. The predicted octanol–water partition coefficient (Wildman–Crippen LogP) is 4.41. The third-order valence-corrected chi connectivity index (χ3v) is 3.79. The van der Waals surface area contributed by atoms with E-state index in [1.54, 1.807) is 18.2 Å². The lowest BCUT2D eigenvalue weighted by Gasteiger charge is -2.10. The van der Waals surface area contributed by atoms with Gasteiger partial charge in [0.25, 0.3) is 5.91 Å². The molecule has 2 rings (SSSR count). The largest absolute Gasteiger partial charge is 0.489 e. The number of aryl methyl sites for hydroxylation is 1. The Morgan fingerprint density at radius 1 is 1.24 bits per heavy atom. The average molecular weight is 332 g/mol. The minimum Gasteiger partial charge on any atom is -0.489 e. The molecule has 0 aromatic heterocycles. The molecule has 0 saturated heterocycles. The summed E-state index contributed by atoms with van der Waals surface area (Å²) in [4.78, 5) is 12.5. The molecular weight excluding hydrogens is 312 g/mol. The number of nitrogens with one attached hydrogen (secondary N) is 1. The van der Waals surface area contributed by atoms with Crippen LogP contribution in [0, 0.1) is 25.2 Å². The standard InChI is InChI=1S/C21H20N2O2/c1-4-12-25-20-11-6-5-9-17(20)13-18(14-22)21(24)23-19-10-7-8-15(2)16(19)3/h4-11,13H,1,12H2,2-3H3,(H,23,24)/b18-13+. The lowest BCUT2D eigenvalue weighted by Crippen LogP contribution is -2.14. The van der Waals surface area contributed by atoms with Crippen LogP contribution in [-0.4, -0.2) is 12.5 Å². The Morgan fingerprint density at radius 2 is 2.00 bits per heavy atom. The molecule has 4 heteroatoms. The fourth-order valence-corrected chi connectivity index (χ4v) is 2.26. The van der Waals surface area contributed by atoms with Crippen LogP contribution in [-0.2, 0) is 4.79 Å². The molecule has 0 spiro atoms. The van der Waals surface area contributed by atoms with E-state index >= 15 is 0 Å². The van der Waals surface area contributed by atoms with Gasteiger partial charge in [-0.05, 0) is 43.2 Å². The van der Waals surface area contributed by atoms with Crippen LogP contribution < -0.4 is 10.1 Å². The molecule has 2 aromatic rings. The Balaban J connectivity index is 2.29. The summed E-state index contributed by atoms with van der Waals surface area (Å²) in [5, 5.41) is 12.2. The van der Waals surface area contributed by atoms with Crippen LogP contribution in [0.2, 0.25) is 0 Å². The van der Waals surface area contributed by atoms with E-state index in [-0.39, 0.29) is 5.57 Å². The van der Waals surface area contributed by atoms with E-state index in [1.165, 1.54) is 6.08 Å². The molecule has 0 fully saturated rings. The maximum atomic E-state index is 12.5. The first-order chi connectivity index (χ1) is 12.1. The molecule has 126 valence electrons. The molecule has 0 unspecified atom stereocenters. The molecule has 2 aromatic carbocycles. The van der Waals surface area contributed by atoms with E-state index in [0.717, 1.165) is 11.1 Å². The molecule has 0 atom stereocenters. The van der Waals surface area contributed by atoms with Crippen LogP contribution in [0.5, 0.6) is 5.75 Å². The first kappa shape index (κ1) is 18.0. The molecule has 4 nitrogen and oxygen atoms in total. The Bertz CT molecular complexity index is 860. The van der Waals surface area contributed by atoms with Crippen molar-refractivity contribution in [1.29, 1.82) is 5.26 Å². The molecule has 25 heavy (non-hydrogen) atoms. The molecule has 0 aliphatic heterocycles. The summed E-state index contributed by atoms with van der Waals surface area (Å²) in [6.45, 7) is 7.87. The van der Waals surface area contributed by atoms with Crippen LogP contribution in [0.15, 0.2) is 60.7 Å². The second-order valence-electron chi connectivity index (χ2n) is 5.51. The zero-order valence-corrected chi connectivity index (χ0v) is 14.4. The van der Waals surface area contributed by atoms with Gasteiger partial charge in [-0.25, -0.2) is 0 Å². The van der Waals surface area contributed by atoms with Gasteiger partial charge in [0.2, 0.25) is 0 Å². The second-order valence-corrected chi connectivity index (χ2v) is 5.51. The average Bonchev–Trinajstić information content (AvgIpc) is 2.62. The second kappa shape index (κ2) is 8.51. The fraction of sp³-hybridized carbons (Fsp3) is 0.143. The van der Waals surface area contributed by atoms with Crippen molar-refractivity contribution in [2.45, 2.75) is 13.8 Å². The number of rotatable bonds is 6.